The molecule has 73 heavy (non-hydrogen) atoms. The number of aliphatic hydroxyl groups excluding tert-OH is 2. The number of oxime groups is 1. The van der Waals surface area contributed by atoms with Crippen LogP contribution in [0.1, 0.15) is 132 Å². The van der Waals surface area contributed by atoms with Gasteiger partial charge in [-0.15, -0.1) is 5.10 Å². The fraction of sp³-hybridized carbons (Fsp3) is 0.778. The van der Waals surface area contributed by atoms with Gasteiger partial charge < -0.3 is 53.8 Å². The lowest BCUT2D eigenvalue weighted by atomic mass is 9.65. The minimum Gasteiger partial charge on any atom is -0.459 e. The molecular weight excluding hydrogens is 941 g/mol. The third kappa shape index (κ3) is 13.4. The molecule has 1 aromatic carbocycles. The van der Waals surface area contributed by atoms with E-state index in [0.29, 0.717) is 76.6 Å². The normalized spacial score (nSPS) is 39.9. The lowest BCUT2D eigenvalue weighted by molar-refractivity contribution is -0.384. The number of rotatable bonds is 14. The number of aromatic nitrogens is 3. The first-order chi connectivity index (χ1) is 34.4. The van der Waals surface area contributed by atoms with Crippen LogP contribution in [0.5, 0.6) is 0 Å². The number of esters is 1. The van der Waals surface area contributed by atoms with E-state index < -0.39 is 100 Å². The van der Waals surface area contributed by atoms with Crippen LogP contribution in [0.15, 0.2) is 47.8 Å². The number of allylic oxidation sites excluding steroid dienone is 1. The van der Waals surface area contributed by atoms with E-state index in [9.17, 15) is 35.4 Å². The molecule has 6 rings (SSSR count). The number of carbonyl (C=O) groups is 1. The summed E-state index contributed by atoms with van der Waals surface area (Å²) in [5, 5.41) is 71.0. The summed E-state index contributed by atoms with van der Waals surface area (Å²) in [7, 11) is 3.50. The lowest BCUT2D eigenvalue weighted by Gasteiger charge is -2.51. The molecule has 1 aromatic heterocycles. The van der Waals surface area contributed by atoms with Crippen molar-refractivity contribution in [1.29, 1.82) is 0 Å². The molecule has 4 aliphatic rings. The van der Waals surface area contributed by atoms with Gasteiger partial charge in [-0.2, -0.15) is 0 Å². The number of methoxy groups -OCH3 is 1. The molecule has 19 nitrogen and oxygen atoms in total. The van der Waals surface area contributed by atoms with Gasteiger partial charge in [-0.25, -0.2) is 0 Å². The van der Waals surface area contributed by atoms with E-state index in [1.54, 1.807) is 44.5 Å². The number of benzene rings is 1. The van der Waals surface area contributed by atoms with Crippen molar-refractivity contribution in [1.82, 2.24) is 19.9 Å². The van der Waals surface area contributed by atoms with E-state index in [4.69, 9.17) is 28.4 Å². The average molecular weight is 1030 g/mol. The van der Waals surface area contributed by atoms with Crippen molar-refractivity contribution in [2.24, 2.45) is 40.2 Å². The van der Waals surface area contributed by atoms with Crippen LogP contribution in [0, 0.1) is 45.1 Å². The van der Waals surface area contributed by atoms with Crippen molar-refractivity contribution in [2.45, 2.75) is 213 Å². The molecule has 2 bridgehead atoms. The number of hydrogen-bond acceptors (Lipinski definition) is 17. The van der Waals surface area contributed by atoms with Crippen molar-refractivity contribution in [3.05, 3.63) is 64.0 Å². The molecular formula is C54H86N6O13. The number of hydrogen-bond donors (Lipinski definition) is 4. The van der Waals surface area contributed by atoms with Crippen LogP contribution in [-0.2, 0) is 52.6 Å². The number of non-ortho nitro benzene ring substituents is 1. The monoisotopic (exact) mass is 1030 g/mol. The molecule has 19 heteroatoms. The highest BCUT2D eigenvalue weighted by molar-refractivity contribution is 5.88. The summed E-state index contributed by atoms with van der Waals surface area (Å²) in [6.07, 6.45) is -0.988. The van der Waals surface area contributed by atoms with E-state index in [0.717, 1.165) is 16.8 Å². The molecule has 0 unspecified atom stereocenters. The average Bonchev–Trinajstić information content (AvgIpc) is 3.81. The van der Waals surface area contributed by atoms with Crippen molar-refractivity contribution >= 4 is 17.4 Å². The van der Waals surface area contributed by atoms with Gasteiger partial charge in [0.25, 0.3) is 5.69 Å². The number of nitro benzene ring substituents is 1. The summed E-state index contributed by atoms with van der Waals surface area (Å²) in [4.78, 5) is 27.6. The Bertz CT molecular complexity index is 2190. The van der Waals surface area contributed by atoms with Gasteiger partial charge in [0.05, 0.1) is 52.3 Å². The van der Waals surface area contributed by atoms with E-state index in [-0.39, 0.29) is 30.2 Å². The number of aryl methyl sites for hydroxylation is 2. The maximum atomic E-state index is 14.8. The Morgan fingerprint density at radius 2 is 1.71 bits per heavy atom. The Hall–Kier alpha value is -3.92. The first kappa shape index (κ1) is 58.3. The highest BCUT2D eigenvalue weighted by Crippen LogP contribution is 2.49. The summed E-state index contributed by atoms with van der Waals surface area (Å²) in [6.45, 7) is 24.6. The topological polar surface area (TPSA) is 243 Å². The molecule has 410 valence electrons. The van der Waals surface area contributed by atoms with Crippen LogP contribution in [0.25, 0.3) is 0 Å². The molecule has 1 aliphatic carbocycles. The fourth-order valence-electron chi connectivity index (χ4n) is 12.6. The van der Waals surface area contributed by atoms with E-state index >= 15 is 0 Å². The molecule has 2 aromatic rings. The predicted octanol–water partition coefficient (Wildman–Crippen LogP) is 7.04. The summed E-state index contributed by atoms with van der Waals surface area (Å²) >= 11 is 0. The molecule has 3 saturated heterocycles. The lowest BCUT2D eigenvalue weighted by Crippen LogP contribution is -2.60. The van der Waals surface area contributed by atoms with Gasteiger partial charge in [0.1, 0.15) is 23.9 Å². The van der Waals surface area contributed by atoms with Crippen molar-refractivity contribution < 1.29 is 58.7 Å². The van der Waals surface area contributed by atoms with Gasteiger partial charge in [0.15, 0.2) is 12.6 Å². The first-order valence-electron chi connectivity index (χ1n) is 26.5. The standard InChI is InChI=1S/C54H86N6O13/c1-14-43-54(11,64)41-20-15-31(2)21-24-52(9,28-32(3)45(56-65)34(41)5)49(35(6)47(36(7)50(63)71-43)72-44-29-53(10,68-13)48(62)37(8)70-44)73-51-46(61)42(27-33(4)69-51)58(12)25-23-39-30-59(57-55-39)26-22-38-16-18-40(19-17-38)60(66)67/h16-19,30,32-37,41-44,46-49,51,61-62,64-65H,2,14-15,20-29H2,1,3-13H3/b56-45+/t32-,33-,34-,35+,36-,37+,41-,42+,43-,44+,46-,47+,48+,49-,51+,52-,53-,54+/m1/s1. The quantitative estimate of drug-likeness (QED) is 0.0487. The number of ether oxygens (including phenoxy) is 6. The molecule has 0 amide bonds. The van der Waals surface area contributed by atoms with Crippen LogP contribution < -0.4 is 0 Å². The van der Waals surface area contributed by atoms with E-state index in [1.165, 1.54) is 19.2 Å². The maximum absolute atomic E-state index is 14.8. The number of fused-ring (bicyclic) bond motifs is 5. The van der Waals surface area contributed by atoms with Crippen LogP contribution in [0.2, 0.25) is 0 Å². The zero-order valence-electron chi connectivity index (χ0n) is 45.4. The van der Waals surface area contributed by atoms with Crippen LogP contribution in [0.3, 0.4) is 0 Å². The minimum atomic E-state index is -1.53. The van der Waals surface area contributed by atoms with Gasteiger partial charge in [-0.3, -0.25) is 19.6 Å². The number of aliphatic hydroxyl groups is 3. The first-order valence-corrected chi connectivity index (χ1v) is 26.5. The highest BCUT2D eigenvalue weighted by Gasteiger charge is 2.54. The third-order valence-corrected chi connectivity index (χ3v) is 17.2. The van der Waals surface area contributed by atoms with Crippen LogP contribution in [-0.4, -0.2) is 150 Å². The summed E-state index contributed by atoms with van der Waals surface area (Å²) < 4.78 is 41.4. The van der Waals surface area contributed by atoms with Crippen molar-refractivity contribution in [3.8, 4) is 0 Å². The van der Waals surface area contributed by atoms with Gasteiger partial charge in [-0.05, 0) is 116 Å². The summed E-state index contributed by atoms with van der Waals surface area (Å²) in [6, 6.07) is 6.09. The number of nitrogens with zero attached hydrogens (tertiary/aromatic N) is 6. The van der Waals surface area contributed by atoms with Crippen LogP contribution >= 0.6 is 0 Å². The fourth-order valence-corrected chi connectivity index (χ4v) is 12.6. The van der Waals surface area contributed by atoms with Gasteiger partial charge in [0, 0.05) is 69.2 Å². The van der Waals surface area contributed by atoms with Crippen molar-refractivity contribution in [2.75, 3.05) is 20.7 Å². The minimum absolute atomic E-state index is 0.0442. The van der Waals surface area contributed by atoms with Crippen LogP contribution in [0.4, 0.5) is 5.69 Å². The molecule has 4 N–H and O–H groups in total. The molecule has 4 fully saturated rings. The second kappa shape index (κ2) is 24.4. The Balaban J connectivity index is 1.34. The second-order valence-corrected chi connectivity index (χ2v) is 22.8. The number of likely N-dealkylation sites (N-methyl/N-ethyl adjacent to an activating group) is 1. The van der Waals surface area contributed by atoms with E-state index in [1.807, 2.05) is 47.9 Å². The van der Waals surface area contributed by atoms with Gasteiger partial charge >= 0.3 is 5.97 Å². The Morgan fingerprint density at radius 1 is 1.01 bits per heavy atom. The SMILES string of the molecule is C=C1CC[C@@H]2[C@@H](C)/C(=N/O)[C@H](C)C[C@@](C)(CC1)[C@H](O[C@@H]1O[C@H](C)C[C@H](N(C)CCc3cn(CCc4ccc([N+](=O)[O-])cc4)nn3)[C@H]1O)[C@@H](C)[C@H](O[C@H]1C[C@@](C)(OC)[C@@H](O)[C@H](C)O1)[C@@H](C)C(=O)O[C@H](CC)[C@@]2(C)O. The zero-order valence-corrected chi connectivity index (χ0v) is 45.4. The molecule has 4 heterocycles. The zero-order chi connectivity index (χ0) is 53.7. The second-order valence-electron chi connectivity index (χ2n) is 22.8. The van der Waals surface area contributed by atoms with Crippen molar-refractivity contribution in [3.63, 3.8) is 0 Å². The molecule has 0 radical (unpaired) electrons. The Kier molecular flexibility index (Phi) is 19.5. The van der Waals surface area contributed by atoms with E-state index in [2.05, 4.69) is 33.9 Å². The Morgan fingerprint density at radius 3 is 2.36 bits per heavy atom. The number of nitro groups is 1. The van der Waals surface area contributed by atoms with Gasteiger partial charge in [0.2, 0.25) is 0 Å². The third-order valence-electron chi connectivity index (χ3n) is 17.2. The predicted molar refractivity (Wildman–Crippen MR) is 273 cm³/mol. The summed E-state index contributed by atoms with van der Waals surface area (Å²) in [5.41, 5.74) is -0.0587. The number of cyclic esters (lactones) is 1. The largest absolute Gasteiger partial charge is 0.459 e. The maximum Gasteiger partial charge on any atom is 0.311 e. The molecule has 1 saturated carbocycles. The Labute approximate surface area is 432 Å². The molecule has 3 aliphatic heterocycles. The molecule has 18 atom stereocenters. The smallest absolute Gasteiger partial charge is 0.311 e. The molecule has 0 spiro atoms. The number of carbonyl (C=O) groups excluding carboxylic acids is 1. The summed E-state index contributed by atoms with van der Waals surface area (Å²) in [5.74, 6) is -3.37. The highest BCUT2D eigenvalue weighted by atomic mass is 16.7. The van der Waals surface area contributed by atoms with Gasteiger partial charge in [-0.1, -0.05) is 69.3 Å².